The number of halogens is 2. The lowest BCUT2D eigenvalue weighted by atomic mass is 10.1. The Morgan fingerprint density at radius 3 is 2.48 bits per heavy atom. The highest BCUT2D eigenvalue weighted by Crippen LogP contribution is 2.44. The van der Waals surface area contributed by atoms with Gasteiger partial charge in [0.05, 0.1) is 32.8 Å². The second kappa shape index (κ2) is 6.89. The molecule has 9 heteroatoms. The van der Waals surface area contributed by atoms with Gasteiger partial charge in [-0.05, 0) is 26.0 Å². The van der Waals surface area contributed by atoms with Crippen molar-refractivity contribution in [1.82, 2.24) is 9.47 Å². The number of nitrogens with zero attached hydrogens (tertiary/aromatic N) is 3. The average Bonchev–Trinajstić information content (AvgIpc) is 3.44. The maximum absolute atomic E-state index is 12.8. The van der Waals surface area contributed by atoms with Crippen LogP contribution in [0.1, 0.15) is 18.9 Å². The van der Waals surface area contributed by atoms with Crippen LogP contribution in [-0.2, 0) is 0 Å². The van der Waals surface area contributed by atoms with Crippen LogP contribution in [-0.4, -0.2) is 54.0 Å². The van der Waals surface area contributed by atoms with Crippen LogP contribution in [0.25, 0.3) is 10.9 Å². The molecule has 0 radical (unpaired) electrons. The Morgan fingerprint density at radius 1 is 1.22 bits per heavy atom. The number of likely N-dealkylation sites (N-methyl/N-ethyl adjacent to an activating group) is 1. The van der Waals surface area contributed by atoms with Crippen molar-refractivity contribution in [2.24, 2.45) is 0 Å². The van der Waals surface area contributed by atoms with E-state index in [-0.39, 0.29) is 17.2 Å². The first-order valence-corrected chi connectivity index (χ1v) is 9.53. The summed E-state index contributed by atoms with van der Waals surface area (Å²) in [5.74, 6) is -0.235. The lowest BCUT2D eigenvalue weighted by Gasteiger charge is -2.35. The maximum Gasteiger partial charge on any atom is 0.511 e. The van der Waals surface area contributed by atoms with Gasteiger partial charge in [-0.15, -0.1) is 0 Å². The fraction of sp³-hybridized carbons (Fsp3) is 0.444. The van der Waals surface area contributed by atoms with Crippen LogP contribution >= 0.6 is 23.2 Å². The van der Waals surface area contributed by atoms with Gasteiger partial charge in [0.25, 0.3) is 0 Å². The summed E-state index contributed by atoms with van der Waals surface area (Å²) in [5, 5.41) is 9.99. The molecule has 27 heavy (non-hydrogen) atoms. The molecular formula is C18H19Cl2N3O4. The Balaban J connectivity index is 1.92. The van der Waals surface area contributed by atoms with Crippen molar-refractivity contribution in [2.75, 3.05) is 38.1 Å². The molecule has 1 aliphatic carbocycles. The zero-order chi connectivity index (χ0) is 19.3. The van der Waals surface area contributed by atoms with Gasteiger partial charge in [-0.1, -0.05) is 23.2 Å². The molecule has 4 rings (SSSR count). The minimum atomic E-state index is -1.53. The number of hydrogen-bond acceptors (Lipinski definition) is 5. The lowest BCUT2D eigenvalue weighted by molar-refractivity contribution is 0.143. The number of carbonyl (C=O) groups is 1. The molecule has 1 aliphatic heterocycles. The summed E-state index contributed by atoms with van der Waals surface area (Å²) in [6.07, 6.45) is 1.80. The predicted octanol–water partition coefficient (Wildman–Crippen LogP) is 3.45. The van der Waals surface area contributed by atoms with Gasteiger partial charge in [-0.3, -0.25) is 4.79 Å². The van der Waals surface area contributed by atoms with E-state index >= 15 is 0 Å². The molecule has 0 bridgehead atoms. The number of fused-ring (bicyclic) bond motifs is 1. The fourth-order valence-corrected chi connectivity index (χ4v) is 4.33. The standard InChI is InChI=1S/C18H19Cl2N3O4/c1-21-4-6-22(7-5-21)16-12(19)8-11-15(14(16)20)23(10-2-3-10)9-13(17(11)24)27-18(25)26/h8-10H,2-7H2,1H3,(H,25,26). The number of hydrogen-bond donors (Lipinski definition) is 1. The van der Waals surface area contributed by atoms with Gasteiger partial charge in [0.15, 0.2) is 5.75 Å². The summed E-state index contributed by atoms with van der Waals surface area (Å²) in [6.45, 7) is 3.36. The van der Waals surface area contributed by atoms with E-state index in [1.165, 1.54) is 6.20 Å². The second-order valence-electron chi connectivity index (χ2n) is 7.04. The van der Waals surface area contributed by atoms with Crippen LogP contribution in [0.3, 0.4) is 0 Å². The molecule has 0 amide bonds. The highest BCUT2D eigenvalue weighted by Gasteiger charge is 2.30. The van der Waals surface area contributed by atoms with Crippen molar-refractivity contribution >= 4 is 45.9 Å². The number of rotatable bonds is 3. The number of carboxylic acid groups (broad SMARTS) is 1. The predicted molar refractivity (Wildman–Crippen MR) is 105 cm³/mol. The molecule has 2 aliphatic rings. The summed E-state index contributed by atoms with van der Waals surface area (Å²) in [4.78, 5) is 28.1. The van der Waals surface area contributed by atoms with Crippen LogP contribution < -0.4 is 15.1 Å². The number of benzene rings is 1. The summed E-state index contributed by atoms with van der Waals surface area (Å²) < 4.78 is 6.55. The minimum Gasteiger partial charge on any atom is -0.449 e. The quantitative estimate of drug-likeness (QED) is 0.779. The summed E-state index contributed by atoms with van der Waals surface area (Å²) >= 11 is 13.3. The Kier molecular flexibility index (Phi) is 4.70. The van der Waals surface area contributed by atoms with Crippen LogP contribution in [0.2, 0.25) is 10.0 Å². The molecule has 1 aromatic carbocycles. The molecule has 2 aromatic rings. The first-order valence-electron chi connectivity index (χ1n) is 8.78. The molecule has 2 fully saturated rings. The first kappa shape index (κ1) is 18.4. The Hall–Kier alpha value is -1.96. The van der Waals surface area contributed by atoms with E-state index in [1.807, 2.05) is 4.57 Å². The molecule has 0 spiro atoms. The van der Waals surface area contributed by atoms with Gasteiger partial charge in [0.1, 0.15) is 0 Å². The minimum absolute atomic E-state index is 0.170. The fourth-order valence-electron chi connectivity index (χ4n) is 3.53. The summed E-state index contributed by atoms with van der Waals surface area (Å²) in [6, 6.07) is 1.75. The zero-order valence-electron chi connectivity index (χ0n) is 14.7. The molecule has 1 saturated heterocycles. The van der Waals surface area contributed by atoms with Crippen molar-refractivity contribution in [2.45, 2.75) is 18.9 Å². The van der Waals surface area contributed by atoms with Crippen molar-refractivity contribution in [3.05, 3.63) is 32.5 Å². The molecular weight excluding hydrogens is 393 g/mol. The normalized spacial score (nSPS) is 18.1. The van der Waals surface area contributed by atoms with Crippen LogP contribution in [0.15, 0.2) is 17.1 Å². The highest BCUT2D eigenvalue weighted by molar-refractivity contribution is 6.42. The van der Waals surface area contributed by atoms with E-state index in [2.05, 4.69) is 16.8 Å². The topological polar surface area (TPSA) is 75.0 Å². The molecule has 0 unspecified atom stereocenters. The van der Waals surface area contributed by atoms with Gasteiger partial charge >= 0.3 is 6.16 Å². The SMILES string of the molecule is CN1CCN(c2c(Cl)cc3c(=O)c(OC(=O)O)cn(C4CC4)c3c2Cl)CC1. The third kappa shape index (κ3) is 3.35. The van der Waals surface area contributed by atoms with Crippen LogP contribution in [0.5, 0.6) is 5.75 Å². The first-order chi connectivity index (χ1) is 12.9. The lowest BCUT2D eigenvalue weighted by Crippen LogP contribution is -2.44. The Morgan fingerprint density at radius 2 is 1.89 bits per heavy atom. The molecule has 1 N–H and O–H groups in total. The monoisotopic (exact) mass is 411 g/mol. The van der Waals surface area contributed by atoms with Crippen molar-refractivity contribution in [1.29, 1.82) is 0 Å². The highest BCUT2D eigenvalue weighted by atomic mass is 35.5. The van der Waals surface area contributed by atoms with Crippen molar-refractivity contribution in [3.8, 4) is 5.75 Å². The molecule has 0 atom stereocenters. The largest absolute Gasteiger partial charge is 0.511 e. The number of anilines is 1. The molecule has 7 nitrogen and oxygen atoms in total. The van der Waals surface area contributed by atoms with E-state index in [0.29, 0.717) is 15.6 Å². The van der Waals surface area contributed by atoms with Gasteiger partial charge in [0, 0.05) is 32.2 Å². The van der Waals surface area contributed by atoms with Gasteiger partial charge in [0.2, 0.25) is 5.43 Å². The maximum atomic E-state index is 12.8. The van der Waals surface area contributed by atoms with E-state index in [0.717, 1.165) is 44.7 Å². The smallest absolute Gasteiger partial charge is 0.449 e. The van der Waals surface area contributed by atoms with E-state index in [4.69, 9.17) is 33.0 Å². The molecule has 1 saturated carbocycles. The Bertz CT molecular complexity index is 979. The van der Waals surface area contributed by atoms with Crippen molar-refractivity contribution < 1.29 is 14.6 Å². The van der Waals surface area contributed by atoms with E-state index < -0.39 is 11.6 Å². The zero-order valence-corrected chi connectivity index (χ0v) is 16.3. The number of aromatic nitrogens is 1. The summed E-state index contributed by atoms with van der Waals surface area (Å²) in [7, 11) is 2.07. The van der Waals surface area contributed by atoms with Crippen molar-refractivity contribution in [3.63, 3.8) is 0 Å². The second-order valence-corrected chi connectivity index (χ2v) is 7.82. The summed E-state index contributed by atoms with van der Waals surface area (Å²) in [5.41, 5.74) is 0.776. The van der Waals surface area contributed by atoms with E-state index in [1.54, 1.807) is 6.07 Å². The molecule has 2 heterocycles. The number of ether oxygens (including phenoxy) is 1. The molecule has 144 valence electrons. The van der Waals surface area contributed by atoms with Gasteiger partial charge in [-0.25, -0.2) is 4.79 Å². The molecule has 1 aromatic heterocycles. The number of pyridine rings is 1. The van der Waals surface area contributed by atoms with Gasteiger partial charge in [-0.2, -0.15) is 0 Å². The Labute approximate surface area is 165 Å². The third-order valence-electron chi connectivity index (χ3n) is 5.11. The van der Waals surface area contributed by atoms with Gasteiger partial charge < -0.3 is 24.2 Å². The van der Waals surface area contributed by atoms with E-state index in [9.17, 15) is 9.59 Å². The number of piperazine rings is 1. The third-order valence-corrected chi connectivity index (χ3v) is 5.75. The van der Waals surface area contributed by atoms with Crippen LogP contribution in [0.4, 0.5) is 10.5 Å². The average molecular weight is 412 g/mol. The van der Waals surface area contributed by atoms with Crippen LogP contribution in [0, 0.1) is 0 Å².